The number of nitrogens with zero attached hydrogens (tertiary/aromatic N) is 1. The van der Waals surface area contributed by atoms with E-state index in [1.54, 1.807) is 36.4 Å². The summed E-state index contributed by atoms with van der Waals surface area (Å²) < 4.78 is 28.5. The molecule has 0 saturated heterocycles. The molecule has 0 radical (unpaired) electrons. The van der Waals surface area contributed by atoms with E-state index in [0.717, 1.165) is 10.5 Å². The lowest BCUT2D eigenvalue weighted by molar-refractivity contribution is -0.120. The van der Waals surface area contributed by atoms with Crippen LogP contribution in [-0.2, 0) is 26.0 Å². The summed E-state index contributed by atoms with van der Waals surface area (Å²) in [5, 5.41) is 8.15. The van der Waals surface area contributed by atoms with Crippen LogP contribution >= 0.6 is 0 Å². The van der Waals surface area contributed by atoms with Crippen molar-refractivity contribution in [3.05, 3.63) is 95.7 Å². The molecule has 0 spiro atoms. The predicted octanol–water partition coefficient (Wildman–Crippen LogP) is 2.82. The van der Waals surface area contributed by atoms with Gasteiger partial charge in [0.2, 0.25) is 10.0 Å². The van der Waals surface area contributed by atoms with E-state index in [1.165, 1.54) is 31.4 Å². The molecular formula is C24H21N3O5S. The zero-order chi connectivity index (χ0) is 23.6. The van der Waals surface area contributed by atoms with Crippen molar-refractivity contribution in [1.29, 1.82) is 0 Å². The largest absolute Gasteiger partial charge is 0.496 e. The number of nitrogens with two attached hydrogens (primary N) is 1. The Hall–Kier alpha value is -3.95. The van der Waals surface area contributed by atoms with Crippen molar-refractivity contribution in [2.24, 2.45) is 5.14 Å². The number of para-hydroxylation sites is 2. The van der Waals surface area contributed by atoms with E-state index in [0.29, 0.717) is 17.1 Å². The summed E-state index contributed by atoms with van der Waals surface area (Å²) in [4.78, 5) is 27.8. The van der Waals surface area contributed by atoms with Gasteiger partial charge in [0.15, 0.2) is 0 Å². The number of imide groups is 1. The summed E-state index contributed by atoms with van der Waals surface area (Å²) in [6, 6.07) is 21.5. The Morgan fingerprint density at radius 2 is 1.52 bits per heavy atom. The average molecular weight is 464 g/mol. The molecule has 1 aliphatic rings. The van der Waals surface area contributed by atoms with Gasteiger partial charge in [0, 0.05) is 12.1 Å². The van der Waals surface area contributed by atoms with E-state index >= 15 is 0 Å². The molecule has 0 fully saturated rings. The first-order valence-corrected chi connectivity index (χ1v) is 11.5. The maximum atomic E-state index is 13.4. The van der Waals surface area contributed by atoms with Gasteiger partial charge in [-0.25, -0.2) is 18.5 Å². The van der Waals surface area contributed by atoms with Gasteiger partial charge in [0.25, 0.3) is 11.8 Å². The van der Waals surface area contributed by atoms with Gasteiger partial charge in [0.1, 0.15) is 11.4 Å². The van der Waals surface area contributed by atoms with E-state index in [9.17, 15) is 18.0 Å². The van der Waals surface area contributed by atoms with Gasteiger partial charge in [-0.3, -0.25) is 9.59 Å². The fourth-order valence-electron chi connectivity index (χ4n) is 3.59. The third-order valence-corrected chi connectivity index (χ3v) is 6.14. The van der Waals surface area contributed by atoms with Gasteiger partial charge in [-0.1, -0.05) is 36.4 Å². The molecule has 9 heteroatoms. The molecular weight excluding hydrogens is 442 g/mol. The lowest BCUT2D eigenvalue weighted by Gasteiger charge is -2.15. The number of hydrogen-bond acceptors (Lipinski definition) is 6. The number of anilines is 2. The Bertz CT molecular complexity index is 1350. The lowest BCUT2D eigenvalue weighted by Crippen LogP contribution is -2.32. The number of nitrogens with one attached hydrogen (secondary N) is 1. The highest BCUT2D eigenvalue weighted by molar-refractivity contribution is 7.89. The maximum Gasteiger partial charge on any atom is 0.282 e. The number of carbonyl (C=O) groups is 2. The van der Waals surface area contributed by atoms with Crippen LogP contribution in [0.1, 0.15) is 5.56 Å². The maximum absolute atomic E-state index is 13.4. The second-order valence-electron chi connectivity index (χ2n) is 7.32. The topological polar surface area (TPSA) is 119 Å². The quantitative estimate of drug-likeness (QED) is 0.520. The van der Waals surface area contributed by atoms with Crippen molar-refractivity contribution in [1.82, 2.24) is 0 Å². The van der Waals surface area contributed by atoms with Crippen LogP contribution in [0.15, 0.2) is 95.0 Å². The van der Waals surface area contributed by atoms with Crippen LogP contribution in [0.2, 0.25) is 0 Å². The summed E-state index contributed by atoms with van der Waals surface area (Å²) in [7, 11) is -2.31. The SMILES string of the molecule is COc1ccccc1CC1=C(Nc2ccc(S(N)(=O)=O)cc2)C(=O)N(c2ccccc2)C1=O. The monoisotopic (exact) mass is 463 g/mol. The highest BCUT2D eigenvalue weighted by Gasteiger charge is 2.39. The molecule has 4 rings (SSSR count). The van der Waals surface area contributed by atoms with Gasteiger partial charge in [-0.05, 0) is 48.0 Å². The third kappa shape index (κ3) is 4.50. The van der Waals surface area contributed by atoms with Crippen molar-refractivity contribution < 1.29 is 22.7 Å². The molecule has 0 atom stereocenters. The number of carbonyl (C=O) groups excluding carboxylic acids is 2. The van der Waals surface area contributed by atoms with Crippen molar-refractivity contribution in [2.45, 2.75) is 11.3 Å². The van der Waals surface area contributed by atoms with Crippen LogP contribution in [0, 0.1) is 0 Å². The minimum absolute atomic E-state index is 0.0592. The summed E-state index contributed by atoms with van der Waals surface area (Å²) >= 11 is 0. The van der Waals surface area contributed by atoms with Crippen LogP contribution in [0.3, 0.4) is 0 Å². The van der Waals surface area contributed by atoms with E-state index < -0.39 is 21.8 Å². The fourth-order valence-corrected chi connectivity index (χ4v) is 4.11. The molecule has 1 aliphatic heterocycles. The molecule has 2 amide bonds. The van der Waals surface area contributed by atoms with E-state index in [-0.39, 0.29) is 22.6 Å². The first kappa shape index (κ1) is 22.3. The molecule has 168 valence electrons. The van der Waals surface area contributed by atoms with E-state index in [2.05, 4.69) is 5.32 Å². The molecule has 0 aliphatic carbocycles. The van der Waals surface area contributed by atoms with Crippen molar-refractivity contribution >= 4 is 33.2 Å². The summed E-state index contributed by atoms with van der Waals surface area (Å²) in [6.45, 7) is 0. The molecule has 33 heavy (non-hydrogen) atoms. The van der Waals surface area contributed by atoms with Crippen LogP contribution in [0.4, 0.5) is 11.4 Å². The second-order valence-corrected chi connectivity index (χ2v) is 8.88. The lowest BCUT2D eigenvalue weighted by atomic mass is 10.0. The zero-order valence-electron chi connectivity index (χ0n) is 17.7. The van der Waals surface area contributed by atoms with Crippen LogP contribution in [0.5, 0.6) is 5.75 Å². The molecule has 3 N–H and O–H groups in total. The van der Waals surface area contributed by atoms with Crippen LogP contribution < -0.4 is 20.1 Å². The standard InChI is InChI=1S/C24H21N3O5S/c1-32-21-10-6-5-7-16(21)15-20-22(26-17-11-13-19(14-12-17)33(25,30)31)24(29)27(23(20)28)18-8-3-2-4-9-18/h2-14,26H,15H2,1H3,(H2,25,30,31). The van der Waals surface area contributed by atoms with E-state index in [4.69, 9.17) is 9.88 Å². The average Bonchev–Trinajstić information content (AvgIpc) is 3.03. The summed E-state index contributed by atoms with van der Waals surface area (Å²) in [5.74, 6) is -0.354. The van der Waals surface area contributed by atoms with Gasteiger partial charge in [-0.2, -0.15) is 0 Å². The Labute approximate surface area is 191 Å². The van der Waals surface area contributed by atoms with Gasteiger partial charge in [-0.15, -0.1) is 0 Å². The number of ether oxygens (including phenoxy) is 1. The number of amides is 2. The Balaban J connectivity index is 1.75. The Kier molecular flexibility index (Phi) is 5.99. The highest BCUT2D eigenvalue weighted by Crippen LogP contribution is 2.32. The van der Waals surface area contributed by atoms with Crippen molar-refractivity contribution in [3.8, 4) is 5.75 Å². The first-order valence-electron chi connectivity index (χ1n) is 9.98. The van der Waals surface area contributed by atoms with Crippen LogP contribution in [0.25, 0.3) is 0 Å². The minimum atomic E-state index is -3.85. The van der Waals surface area contributed by atoms with Crippen molar-refractivity contribution in [2.75, 3.05) is 17.3 Å². The number of methoxy groups -OCH3 is 1. The molecule has 0 bridgehead atoms. The summed E-state index contributed by atoms with van der Waals surface area (Å²) in [6.07, 6.45) is 0.162. The molecule has 1 heterocycles. The number of sulfonamides is 1. The van der Waals surface area contributed by atoms with Gasteiger partial charge in [0.05, 0.1) is 23.3 Å². The first-order chi connectivity index (χ1) is 15.8. The summed E-state index contributed by atoms with van der Waals surface area (Å²) in [5.41, 5.74) is 2.01. The molecule has 3 aromatic rings. The smallest absolute Gasteiger partial charge is 0.282 e. The second kappa shape index (κ2) is 8.89. The molecule has 0 aromatic heterocycles. The molecule has 8 nitrogen and oxygen atoms in total. The molecule has 3 aromatic carbocycles. The Morgan fingerprint density at radius 3 is 2.15 bits per heavy atom. The molecule has 0 saturated carbocycles. The van der Waals surface area contributed by atoms with E-state index in [1.807, 2.05) is 18.2 Å². The number of hydrogen-bond donors (Lipinski definition) is 2. The predicted molar refractivity (Wildman–Crippen MR) is 124 cm³/mol. The van der Waals surface area contributed by atoms with Gasteiger partial charge >= 0.3 is 0 Å². The Morgan fingerprint density at radius 1 is 0.879 bits per heavy atom. The number of rotatable bonds is 7. The van der Waals surface area contributed by atoms with Crippen LogP contribution in [-0.4, -0.2) is 27.3 Å². The van der Waals surface area contributed by atoms with Crippen molar-refractivity contribution in [3.63, 3.8) is 0 Å². The molecule has 0 unspecified atom stereocenters. The zero-order valence-corrected chi connectivity index (χ0v) is 18.5. The minimum Gasteiger partial charge on any atom is -0.496 e. The number of primary sulfonamides is 1. The third-order valence-electron chi connectivity index (χ3n) is 5.21. The van der Waals surface area contributed by atoms with Gasteiger partial charge < -0.3 is 10.1 Å². The number of benzene rings is 3. The highest BCUT2D eigenvalue weighted by atomic mass is 32.2. The normalized spacial score (nSPS) is 14.1. The fraction of sp³-hybridized carbons (Fsp3) is 0.0833.